The van der Waals surface area contributed by atoms with E-state index >= 15 is 0 Å². The molecule has 1 saturated carbocycles. The summed E-state index contributed by atoms with van der Waals surface area (Å²) in [5, 5.41) is 10.2. The Morgan fingerprint density at radius 3 is 1.97 bits per heavy atom. The van der Waals surface area contributed by atoms with Crippen LogP contribution in [0.2, 0.25) is 0 Å². The molecule has 174 valence electrons. The molecule has 34 heavy (non-hydrogen) atoms. The van der Waals surface area contributed by atoms with Gasteiger partial charge in [-0.1, -0.05) is 78.9 Å². The Kier molecular flexibility index (Phi) is 6.32. The van der Waals surface area contributed by atoms with Crippen LogP contribution < -0.4 is 10.3 Å². The van der Waals surface area contributed by atoms with Crippen molar-refractivity contribution in [3.8, 4) is 5.75 Å². The molecule has 6 heteroatoms. The van der Waals surface area contributed by atoms with Gasteiger partial charge in [0.05, 0.1) is 12.0 Å². The van der Waals surface area contributed by atoms with E-state index in [2.05, 4.69) is 5.48 Å². The van der Waals surface area contributed by atoms with Crippen molar-refractivity contribution in [2.45, 2.75) is 43.3 Å². The number of carbonyl (C=O) groups excluding carboxylic acids is 1. The van der Waals surface area contributed by atoms with Crippen LogP contribution in [0.1, 0.15) is 36.3 Å². The minimum atomic E-state index is -0.964. The molecule has 0 radical (unpaired) electrons. The van der Waals surface area contributed by atoms with Crippen molar-refractivity contribution in [2.75, 3.05) is 0 Å². The number of hydroxylamine groups is 1. The van der Waals surface area contributed by atoms with Crippen molar-refractivity contribution in [1.29, 1.82) is 0 Å². The van der Waals surface area contributed by atoms with Gasteiger partial charge < -0.3 is 14.8 Å². The summed E-state index contributed by atoms with van der Waals surface area (Å²) < 4.78 is 0. The van der Waals surface area contributed by atoms with Crippen molar-refractivity contribution in [3.63, 3.8) is 0 Å². The average molecular weight is 457 g/mol. The summed E-state index contributed by atoms with van der Waals surface area (Å²) >= 11 is 0. The topological polar surface area (TPSA) is 78.9 Å². The monoisotopic (exact) mass is 456 g/mol. The van der Waals surface area contributed by atoms with Crippen LogP contribution in [0.15, 0.2) is 91.0 Å². The van der Waals surface area contributed by atoms with Crippen molar-refractivity contribution < 1.29 is 19.5 Å². The van der Waals surface area contributed by atoms with Crippen molar-refractivity contribution >= 4 is 11.9 Å². The largest absolute Gasteiger partial charge is 0.480 e. The molecule has 2 saturated heterocycles. The Morgan fingerprint density at radius 1 is 0.853 bits per heavy atom. The highest BCUT2D eigenvalue weighted by atomic mass is 16.6. The van der Waals surface area contributed by atoms with Crippen LogP contribution in [0.5, 0.6) is 5.75 Å². The molecule has 1 amide bonds. The number of benzene rings is 3. The molecule has 3 aromatic rings. The molecule has 2 heterocycles. The predicted molar refractivity (Wildman–Crippen MR) is 128 cm³/mol. The van der Waals surface area contributed by atoms with Crippen molar-refractivity contribution in [2.24, 2.45) is 5.92 Å². The zero-order valence-electron chi connectivity index (χ0n) is 18.8. The van der Waals surface area contributed by atoms with Crippen LogP contribution >= 0.6 is 0 Å². The summed E-state index contributed by atoms with van der Waals surface area (Å²) in [6.07, 6.45) is 2.19. The van der Waals surface area contributed by atoms with E-state index < -0.39 is 17.9 Å². The minimum Gasteiger partial charge on any atom is -0.480 e. The van der Waals surface area contributed by atoms with Gasteiger partial charge in [0.25, 0.3) is 0 Å². The third-order valence-electron chi connectivity index (χ3n) is 7.07. The van der Waals surface area contributed by atoms with Crippen molar-refractivity contribution in [1.82, 2.24) is 10.4 Å². The minimum absolute atomic E-state index is 0.143. The molecule has 3 fully saturated rings. The first-order valence-corrected chi connectivity index (χ1v) is 11.8. The Hall–Kier alpha value is -3.64. The summed E-state index contributed by atoms with van der Waals surface area (Å²) in [6.45, 7) is 0. The number of rotatable bonds is 7. The highest BCUT2D eigenvalue weighted by Crippen LogP contribution is 2.42. The first-order chi connectivity index (χ1) is 16.6. The van der Waals surface area contributed by atoms with E-state index in [0.717, 1.165) is 24.0 Å². The van der Waals surface area contributed by atoms with Crippen LogP contribution in [0, 0.1) is 5.92 Å². The first kappa shape index (κ1) is 22.2. The fourth-order valence-corrected chi connectivity index (χ4v) is 5.54. The highest BCUT2D eigenvalue weighted by molar-refractivity contribution is 5.91. The zero-order chi connectivity index (χ0) is 23.5. The van der Waals surface area contributed by atoms with Gasteiger partial charge in [-0.3, -0.25) is 4.79 Å². The van der Waals surface area contributed by atoms with Gasteiger partial charge >= 0.3 is 5.97 Å². The van der Waals surface area contributed by atoms with Gasteiger partial charge in [0.15, 0.2) is 0 Å². The number of aliphatic carboxylic acids is 1. The Labute approximate surface area is 199 Å². The molecule has 3 aromatic carbocycles. The second-order valence-electron chi connectivity index (χ2n) is 9.05. The second-order valence-corrected chi connectivity index (χ2v) is 9.05. The molecular formula is C28H28N2O4. The number of nitrogens with one attached hydrogen (secondary N) is 1. The number of hydrogen-bond donors (Lipinski definition) is 2. The lowest BCUT2D eigenvalue weighted by atomic mass is 9.70. The maximum Gasteiger partial charge on any atom is 0.326 e. The van der Waals surface area contributed by atoms with Crippen LogP contribution in [-0.4, -0.2) is 40.0 Å². The lowest BCUT2D eigenvalue weighted by Crippen LogP contribution is -2.67. The maximum absolute atomic E-state index is 14.1. The number of piperidine rings is 2. The SMILES string of the molecule is O=C(O)[C@@H]1C2CCC(CC2NOc2ccccc2)N1C(=O)C(c1ccccc1)c1ccccc1. The van der Waals surface area contributed by atoms with Crippen LogP contribution in [-0.2, 0) is 9.59 Å². The fourth-order valence-electron chi connectivity index (χ4n) is 5.54. The number of para-hydroxylation sites is 1. The third kappa shape index (κ3) is 4.29. The van der Waals surface area contributed by atoms with E-state index in [1.54, 1.807) is 4.90 Å². The van der Waals surface area contributed by atoms with E-state index in [4.69, 9.17) is 4.84 Å². The molecule has 4 atom stereocenters. The molecule has 6 rings (SSSR count). The third-order valence-corrected chi connectivity index (χ3v) is 7.07. The first-order valence-electron chi connectivity index (χ1n) is 11.8. The molecule has 2 N–H and O–H groups in total. The summed E-state index contributed by atoms with van der Waals surface area (Å²) in [7, 11) is 0. The van der Waals surface area contributed by atoms with Gasteiger partial charge in [-0.05, 0) is 42.5 Å². The highest BCUT2D eigenvalue weighted by Gasteiger charge is 2.53. The summed E-state index contributed by atoms with van der Waals surface area (Å²) in [4.78, 5) is 34.0. The number of fused-ring (bicyclic) bond motifs is 3. The predicted octanol–water partition coefficient (Wildman–Crippen LogP) is 4.23. The number of carboxylic acid groups (broad SMARTS) is 1. The van der Waals surface area contributed by atoms with Gasteiger partial charge in [0.2, 0.25) is 5.91 Å². The lowest BCUT2D eigenvalue weighted by Gasteiger charge is -2.53. The molecule has 6 nitrogen and oxygen atoms in total. The van der Waals surface area contributed by atoms with E-state index in [-0.39, 0.29) is 23.9 Å². The van der Waals surface area contributed by atoms with Gasteiger partial charge in [-0.25, -0.2) is 4.79 Å². The Balaban J connectivity index is 1.43. The number of nitrogens with zero attached hydrogens (tertiary/aromatic N) is 1. The summed E-state index contributed by atoms with van der Waals surface area (Å²) in [5.74, 6) is -1.22. The number of carbonyl (C=O) groups is 2. The maximum atomic E-state index is 14.1. The average Bonchev–Trinajstić information content (AvgIpc) is 2.89. The van der Waals surface area contributed by atoms with Crippen LogP contribution in [0.4, 0.5) is 0 Å². The summed E-state index contributed by atoms with van der Waals surface area (Å²) in [5.41, 5.74) is 4.84. The lowest BCUT2D eigenvalue weighted by molar-refractivity contribution is -0.167. The summed E-state index contributed by atoms with van der Waals surface area (Å²) in [6, 6.07) is 27.4. The van der Waals surface area contributed by atoms with Gasteiger partial charge in [0.1, 0.15) is 11.8 Å². The zero-order valence-corrected chi connectivity index (χ0v) is 18.8. The fraction of sp³-hybridized carbons (Fsp3) is 0.286. The molecule has 0 aromatic heterocycles. The van der Waals surface area contributed by atoms with E-state index in [1.807, 2.05) is 91.0 Å². The van der Waals surface area contributed by atoms with E-state index in [1.165, 1.54) is 0 Å². The molecule has 2 aliphatic heterocycles. The number of amides is 1. The molecule has 2 bridgehead atoms. The van der Waals surface area contributed by atoms with Gasteiger partial charge in [-0.2, -0.15) is 5.48 Å². The van der Waals surface area contributed by atoms with Gasteiger partial charge in [0, 0.05) is 12.0 Å². The molecule has 3 aliphatic rings. The van der Waals surface area contributed by atoms with Gasteiger partial charge in [-0.15, -0.1) is 0 Å². The van der Waals surface area contributed by atoms with Crippen molar-refractivity contribution in [3.05, 3.63) is 102 Å². The molecule has 1 aliphatic carbocycles. The smallest absolute Gasteiger partial charge is 0.326 e. The Bertz CT molecular complexity index is 1080. The standard InChI is InChI=1S/C28H28N2O4/c31-27(25(19-10-4-1-5-11-19)20-12-6-2-7-13-20)30-21-16-17-23(26(30)28(32)33)24(18-21)29-34-22-14-8-3-9-15-22/h1-15,21,23-26,29H,16-18H2,(H,32,33)/t21?,23?,24?,26-/m0/s1. The van der Waals surface area contributed by atoms with Crippen LogP contribution in [0.25, 0.3) is 0 Å². The number of carboxylic acids is 1. The molecular weight excluding hydrogens is 428 g/mol. The van der Waals surface area contributed by atoms with E-state index in [9.17, 15) is 14.7 Å². The molecule has 3 unspecified atom stereocenters. The Morgan fingerprint density at radius 2 is 1.41 bits per heavy atom. The van der Waals surface area contributed by atoms with Crippen LogP contribution in [0.3, 0.4) is 0 Å². The molecule has 0 spiro atoms. The number of hydrogen-bond acceptors (Lipinski definition) is 4. The second kappa shape index (κ2) is 9.69. The quantitative estimate of drug-likeness (QED) is 0.520. The van der Waals surface area contributed by atoms with E-state index in [0.29, 0.717) is 12.2 Å². The normalized spacial score (nSPS) is 23.6.